The number of aliphatic imine (C=N–C) groups is 1. The van der Waals surface area contributed by atoms with Gasteiger partial charge in [-0.15, -0.1) is 0 Å². The smallest absolute Gasteiger partial charge is 0.335 e. The van der Waals surface area contributed by atoms with Crippen LogP contribution in [0.5, 0.6) is 11.5 Å². The van der Waals surface area contributed by atoms with E-state index in [9.17, 15) is 14.7 Å². The predicted octanol–water partition coefficient (Wildman–Crippen LogP) is 7.01. The predicted molar refractivity (Wildman–Crippen MR) is 150 cm³/mol. The van der Waals surface area contributed by atoms with Crippen molar-refractivity contribution in [3.63, 3.8) is 0 Å². The molecule has 0 spiro atoms. The number of amidine groups is 1. The Morgan fingerprint density at radius 1 is 1.16 bits per heavy atom. The number of carbonyl (C=O) groups excluding carboxylic acids is 1. The van der Waals surface area contributed by atoms with Crippen LogP contribution < -0.4 is 9.47 Å². The SMILES string of the molecule is CCOc1cc(C=C2SC(=Nc3cccc(C(=O)O)c3)N(C)C2=O)cc(Br)c1OCc1cccc(Cl)c1. The van der Waals surface area contributed by atoms with Crippen LogP contribution in [0.3, 0.4) is 0 Å². The zero-order valence-corrected chi connectivity index (χ0v) is 23.1. The highest BCUT2D eigenvalue weighted by atomic mass is 79.9. The number of carboxylic acid groups (broad SMARTS) is 1. The summed E-state index contributed by atoms with van der Waals surface area (Å²) >= 11 is 10.9. The fourth-order valence-corrected chi connectivity index (χ4v) is 5.25. The van der Waals surface area contributed by atoms with Gasteiger partial charge in [-0.25, -0.2) is 9.79 Å². The summed E-state index contributed by atoms with van der Waals surface area (Å²) in [6, 6.07) is 17.3. The lowest BCUT2D eigenvalue weighted by atomic mass is 10.1. The molecule has 1 aliphatic rings. The van der Waals surface area contributed by atoms with E-state index in [-0.39, 0.29) is 11.5 Å². The first-order valence-corrected chi connectivity index (χ1v) is 13.2. The highest BCUT2D eigenvalue weighted by Crippen LogP contribution is 2.40. The van der Waals surface area contributed by atoms with Crippen molar-refractivity contribution in [2.45, 2.75) is 13.5 Å². The van der Waals surface area contributed by atoms with Gasteiger partial charge in [0.1, 0.15) is 6.61 Å². The zero-order valence-electron chi connectivity index (χ0n) is 19.9. The topological polar surface area (TPSA) is 88.4 Å². The number of rotatable bonds is 8. The van der Waals surface area contributed by atoms with Crippen LogP contribution in [-0.4, -0.2) is 40.7 Å². The van der Waals surface area contributed by atoms with Gasteiger partial charge in [0.15, 0.2) is 16.7 Å². The lowest BCUT2D eigenvalue weighted by Gasteiger charge is -2.15. The van der Waals surface area contributed by atoms with Gasteiger partial charge in [-0.1, -0.05) is 29.8 Å². The molecule has 3 aromatic rings. The second-order valence-electron chi connectivity index (χ2n) is 7.91. The number of ether oxygens (including phenoxy) is 2. The zero-order chi connectivity index (χ0) is 26.5. The van der Waals surface area contributed by atoms with Crippen LogP contribution in [0.4, 0.5) is 5.69 Å². The molecule has 1 fully saturated rings. The minimum Gasteiger partial charge on any atom is -0.490 e. The summed E-state index contributed by atoms with van der Waals surface area (Å²) in [5, 5.41) is 10.3. The molecule has 1 N–H and O–H groups in total. The molecule has 190 valence electrons. The van der Waals surface area contributed by atoms with Crippen LogP contribution in [0.1, 0.15) is 28.4 Å². The van der Waals surface area contributed by atoms with E-state index in [2.05, 4.69) is 20.9 Å². The van der Waals surface area contributed by atoms with Gasteiger partial charge < -0.3 is 14.6 Å². The molecule has 3 aromatic carbocycles. The number of halogens is 2. The second kappa shape index (κ2) is 11.9. The lowest BCUT2D eigenvalue weighted by Crippen LogP contribution is -2.23. The molecule has 4 rings (SSSR count). The fraction of sp³-hybridized carbons (Fsp3) is 0.148. The molecule has 1 aliphatic heterocycles. The Morgan fingerprint density at radius 3 is 2.68 bits per heavy atom. The van der Waals surface area contributed by atoms with Crippen LogP contribution in [0.15, 0.2) is 75.0 Å². The van der Waals surface area contributed by atoms with Crippen molar-refractivity contribution in [1.29, 1.82) is 0 Å². The molecular formula is C27H22BrClN2O5S. The molecule has 0 saturated carbocycles. The molecule has 1 amide bonds. The van der Waals surface area contributed by atoms with E-state index in [0.717, 1.165) is 11.1 Å². The van der Waals surface area contributed by atoms with Crippen molar-refractivity contribution in [3.05, 3.63) is 91.8 Å². The Labute approximate surface area is 231 Å². The third-order valence-electron chi connectivity index (χ3n) is 5.22. The third kappa shape index (κ3) is 6.54. The maximum atomic E-state index is 12.9. The molecule has 7 nitrogen and oxygen atoms in total. The number of aromatic carboxylic acids is 1. The number of amides is 1. The molecule has 0 atom stereocenters. The van der Waals surface area contributed by atoms with Crippen LogP contribution in [0.2, 0.25) is 5.02 Å². The number of carboxylic acids is 1. The first kappa shape index (κ1) is 26.8. The standard InChI is InChI=1S/C27H22BrClN2O5S/c1-3-35-22-12-17(11-21(28)24(22)36-15-16-6-4-8-19(29)10-16)13-23-25(32)31(2)27(37-23)30-20-9-5-7-18(14-20)26(33)34/h4-14H,3,15H2,1-2H3,(H,33,34). The number of thioether (sulfide) groups is 1. The first-order valence-electron chi connectivity index (χ1n) is 11.2. The van der Waals surface area contributed by atoms with Crippen LogP contribution in [-0.2, 0) is 11.4 Å². The van der Waals surface area contributed by atoms with E-state index in [4.69, 9.17) is 21.1 Å². The summed E-state index contributed by atoms with van der Waals surface area (Å²) in [6.07, 6.45) is 1.76. The quantitative estimate of drug-likeness (QED) is 0.279. The van der Waals surface area contributed by atoms with Gasteiger partial charge >= 0.3 is 5.97 Å². The molecule has 0 radical (unpaired) electrons. The van der Waals surface area contributed by atoms with E-state index in [0.29, 0.717) is 50.0 Å². The highest BCUT2D eigenvalue weighted by Gasteiger charge is 2.30. The summed E-state index contributed by atoms with van der Waals surface area (Å²) < 4.78 is 12.5. The largest absolute Gasteiger partial charge is 0.490 e. The van der Waals surface area contributed by atoms with Crippen LogP contribution in [0.25, 0.3) is 6.08 Å². The molecule has 0 bridgehead atoms. The van der Waals surface area contributed by atoms with E-state index in [1.54, 1.807) is 31.3 Å². The molecule has 0 unspecified atom stereocenters. The first-order chi connectivity index (χ1) is 17.7. The number of likely N-dealkylation sites (N-methyl/N-ethyl adjacent to an activating group) is 1. The van der Waals surface area contributed by atoms with Gasteiger partial charge in [-0.2, -0.15) is 0 Å². The van der Waals surface area contributed by atoms with E-state index >= 15 is 0 Å². The second-order valence-corrected chi connectivity index (χ2v) is 10.2. The van der Waals surface area contributed by atoms with Gasteiger partial charge in [-0.05, 0) is 94.3 Å². The van der Waals surface area contributed by atoms with E-state index in [1.807, 2.05) is 37.3 Å². The molecule has 37 heavy (non-hydrogen) atoms. The van der Waals surface area contributed by atoms with Gasteiger partial charge in [0.05, 0.1) is 27.2 Å². The van der Waals surface area contributed by atoms with E-state index in [1.165, 1.54) is 28.8 Å². The number of benzene rings is 3. The summed E-state index contributed by atoms with van der Waals surface area (Å²) in [5.74, 6) is -0.170. The minimum absolute atomic E-state index is 0.126. The lowest BCUT2D eigenvalue weighted by molar-refractivity contribution is -0.121. The number of hydrogen-bond donors (Lipinski definition) is 1. The van der Waals surface area contributed by atoms with Crippen LogP contribution in [0, 0.1) is 0 Å². The average Bonchev–Trinajstić information content (AvgIpc) is 3.11. The van der Waals surface area contributed by atoms with Crippen molar-refractivity contribution in [3.8, 4) is 11.5 Å². The fourth-order valence-electron chi connectivity index (χ4n) is 3.48. The summed E-state index contributed by atoms with van der Waals surface area (Å²) in [6.45, 7) is 2.62. The summed E-state index contributed by atoms with van der Waals surface area (Å²) in [5.41, 5.74) is 2.24. The average molecular weight is 602 g/mol. The Morgan fingerprint density at radius 2 is 1.95 bits per heavy atom. The maximum Gasteiger partial charge on any atom is 0.335 e. The van der Waals surface area contributed by atoms with Crippen molar-refractivity contribution in [2.75, 3.05) is 13.7 Å². The van der Waals surface area contributed by atoms with Crippen LogP contribution >= 0.6 is 39.3 Å². The van der Waals surface area contributed by atoms with Gasteiger partial charge in [-0.3, -0.25) is 9.69 Å². The molecular weight excluding hydrogens is 580 g/mol. The summed E-state index contributed by atoms with van der Waals surface area (Å²) in [7, 11) is 1.63. The van der Waals surface area contributed by atoms with Gasteiger partial charge in [0.25, 0.3) is 5.91 Å². The highest BCUT2D eigenvalue weighted by molar-refractivity contribution is 9.10. The summed E-state index contributed by atoms with van der Waals surface area (Å²) in [4.78, 5) is 30.6. The molecule has 0 aliphatic carbocycles. The van der Waals surface area contributed by atoms with Crippen molar-refractivity contribution in [2.24, 2.45) is 4.99 Å². The molecule has 0 aromatic heterocycles. The van der Waals surface area contributed by atoms with Gasteiger partial charge in [0, 0.05) is 12.1 Å². The Kier molecular flexibility index (Phi) is 8.58. The Bertz CT molecular complexity index is 1430. The van der Waals surface area contributed by atoms with Crippen molar-refractivity contribution >= 4 is 68.1 Å². The third-order valence-corrected chi connectivity index (χ3v) is 7.11. The van der Waals surface area contributed by atoms with Crippen molar-refractivity contribution < 1.29 is 24.2 Å². The number of hydrogen-bond acceptors (Lipinski definition) is 6. The minimum atomic E-state index is -1.04. The Hall–Kier alpha value is -3.27. The molecule has 10 heteroatoms. The normalized spacial score (nSPS) is 15.5. The number of carbonyl (C=O) groups is 2. The van der Waals surface area contributed by atoms with Crippen molar-refractivity contribution in [1.82, 2.24) is 4.90 Å². The number of nitrogens with zero attached hydrogens (tertiary/aromatic N) is 2. The molecule has 1 saturated heterocycles. The monoisotopic (exact) mass is 600 g/mol. The Balaban J connectivity index is 1.59. The maximum absolute atomic E-state index is 12.9. The van der Waals surface area contributed by atoms with E-state index < -0.39 is 5.97 Å². The van der Waals surface area contributed by atoms with Gasteiger partial charge in [0.2, 0.25) is 0 Å². The molecule has 1 heterocycles.